The normalized spacial score (nSPS) is 19.4. The molecule has 0 spiro atoms. The molecule has 1 aromatic carbocycles. The highest BCUT2D eigenvalue weighted by molar-refractivity contribution is 7.92. The van der Waals surface area contributed by atoms with Crippen molar-refractivity contribution >= 4 is 44.5 Å². The van der Waals surface area contributed by atoms with E-state index in [1.54, 1.807) is 0 Å². The average Bonchev–Trinajstić information content (AvgIpc) is 3.31. The van der Waals surface area contributed by atoms with Gasteiger partial charge in [0, 0.05) is 24.5 Å². The smallest absolute Gasteiger partial charge is 0.268 e. The molecule has 1 aromatic heterocycles. The average molecular weight is 479 g/mol. The molecule has 0 amide bonds. The van der Waals surface area contributed by atoms with Crippen molar-refractivity contribution in [3.63, 3.8) is 0 Å². The number of thiazole rings is 1. The summed E-state index contributed by atoms with van der Waals surface area (Å²) in [7, 11) is -2.60. The summed E-state index contributed by atoms with van der Waals surface area (Å²) >= 11 is 7.33. The van der Waals surface area contributed by atoms with Crippen molar-refractivity contribution in [2.24, 2.45) is 5.41 Å². The highest BCUT2D eigenvalue weighted by Gasteiger charge is 2.36. The van der Waals surface area contributed by atoms with Gasteiger partial charge in [-0.05, 0) is 38.3 Å². The van der Waals surface area contributed by atoms with Gasteiger partial charge in [0.05, 0.1) is 11.2 Å². The van der Waals surface area contributed by atoms with E-state index in [-0.39, 0.29) is 16.9 Å². The van der Waals surface area contributed by atoms with Gasteiger partial charge in [-0.1, -0.05) is 24.9 Å². The second kappa shape index (κ2) is 9.33. The monoisotopic (exact) mass is 478 g/mol. The fourth-order valence-corrected chi connectivity index (χ4v) is 5.81. The van der Waals surface area contributed by atoms with Gasteiger partial charge in [0.1, 0.15) is 10.8 Å². The molecule has 1 saturated heterocycles. The van der Waals surface area contributed by atoms with E-state index in [1.807, 2.05) is 11.9 Å². The Morgan fingerprint density at radius 3 is 2.80 bits per heavy atom. The van der Waals surface area contributed by atoms with Crippen molar-refractivity contribution in [3.05, 3.63) is 33.6 Å². The van der Waals surface area contributed by atoms with Gasteiger partial charge < -0.3 is 10.2 Å². The summed E-state index contributed by atoms with van der Waals surface area (Å²) < 4.78 is 56.8. The highest BCUT2D eigenvalue weighted by Crippen LogP contribution is 2.42. The summed E-state index contributed by atoms with van der Waals surface area (Å²) in [6.45, 7) is 4.31. The molecule has 0 radical (unpaired) electrons. The van der Waals surface area contributed by atoms with Crippen molar-refractivity contribution in [1.82, 2.24) is 10.3 Å². The van der Waals surface area contributed by atoms with Crippen LogP contribution in [0.1, 0.15) is 32.6 Å². The second-order valence-corrected chi connectivity index (χ2v) is 10.6. The lowest BCUT2D eigenvalue weighted by Crippen LogP contribution is -2.26. The molecule has 166 valence electrons. The molecule has 0 bridgehead atoms. The molecule has 0 saturated carbocycles. The molecular weight excluding hydrogens is 454 g/mol. The summed E-state index contributed by atoms with van der Waals surface area (Å²) in [5, 5.41) is 4.15. The predicted octanol–water partition coefficient (Wildman–Crippen LogP) is 4.48. The Balaban J connectivity index is 1.81. The van der Waals surface area contributed by atoms with E-state index in [2.05, 4.69) is 21.9 Å². The van der Waals surface area contributed by atoms with Crippen molar-refractivity contribution in [2.75, 3.05) is 36.3 Å². The molecule has 30 heavy (non-hydrogen) atoms. The van der Waals surface area contributed by atoms with Crippen molar-refractivity contribution in [1.29, 1.82) is 0 Å². The number of rotatable bonds is 9. The van der Waals surface area contributed by atoms with Crippen LogP contribution in [0.2, 0.25) is 5.02 Å². The van der Waals surface area contributed by atoms with Gasteiger partial charge in [-0.2, -0.15) is 0 Å². The molecule has 1 atom stereocenters. The van der Waals surface area contributed by atoms with Crippen LogP contribution in [0.25, 0.3) is 0 Å². The molecule has 0 aliphatic carbocycles. The second-order valence-electron chi connectivity index (χ2n) is 7.86. The number of anilines is 2. The van der Waals surface area contributed by atoms with Gasteiger partial charge in [-0.15, -0.1) is 11.3 Å². The van der Waals surface area contributed by atoms with Gasteiger partial charge >= 0.3 is 0 Å². The van der Waals surface area contributed by atoms with Crippen molar-refractivity contribution in [3.8, 4) is 0 Å². The maximum Gasteiger partial charge on any atom is 0.268 e. The lowest BCUT2D eigenvalue weighted by atomic mass is 9.84. The van der Waals surface area contributed by atoms with Gasteiger partial charge in [0.2, 0.25) is 0 Å². The molecule has 1 aliphatic rings. The van der Waals surface area contributed by atoms with Crippen LogP contribution in [0.4, 0.5) is 20.3 Å². The molecule has 11 heteroatoms. The summed E-state index contributed by atoms with van der Waals surface area (Å²) in [5.74, 6) is -2.48. The van der Waals surface area contributed by atoms with E-state index in [0.29, 0.717) is 13.1 Å². The number of nitrogens with zero attached hydrogens (tertiary/aromatic N) is 2. The number of sulfonamides is 1. The van der Waals surface area contributed by atoms with Crippen LogP contribution < -0.4 is 14.9 Å². The van der Waals surface area contributed by atoms with Crippen LogP contribution in [0.3, 0.4) is 0 Å². The largest absolute Gasteiger partial charge is 0.370 e. The molecule has 2 aromatic rings. The Hall–Kier alpha value is -1.49. The quantitative estimate of drug-likeness (QED) is 0.410. The number of unbranched alkanes of at least 4 members (excludes halogenated alkanes) is 1. The lowest BCUT2D eigenvalue weighted by Gasteiger charge is -2.26. The summed E-state index contributed by atoms with van der Waals surface area (Å²) in [6.07, 6.45) is 3.99. The third-order valence-electron chi connectivity index (χ3n) is 5.39. The Labute approximate surface area is 184 Å². The Morgan fingerprint density at radius 1 is 1.37 bits per heavy atom. The fraction of sp³-hybridized carbons (Fsp3) is 0.526. The van der Waals surface area contributed by atoms with Crippen LogP contribution in [0, 0.1) is 17.0 Å². The molecule has 6 nitrogen and oxygen atoms in total. The van der Waals surface area contributed by atoms with Crippen LogP contribution in [0.15, 0.2) is 21.9 Å². The summed E-state index contributed by atoms with van der Waals surface area (Å²) in [4.78, 5) is 4.51. The molecule has 1 fully saturated rings. The van der Waals surface area contributed by atoms with Crippen molar-refractivity contribution < 1.29 is 17.2 Å². The standard InChI is InChI=1S/C19H25ClF2N4O2S2/c1-19(5-3-4-7-23-2)6-8-26(11-19)14-9-13(21)18(17(22)16(14)20)30(27,28)25-15-10-29-12-24-15/h9-10,12,23,25H,3-8,11H2,1-2H3/t19-/m1/s1. The van der Waals surface area contributed by atoms with E-state index >= 15 is 0 Å². The maximum atomic E-state index is 14.9. The Kier molecular flexibility index (Phi) is 7.21. The van der Waals surface area contributed by atoms with Gasteiger partial charge in [-0.3, -0.25) is 4.72 Å². The first-order valence-electron chi connectivity index (χ1n) is 9.65. The van der Waals surface area contributed by atoms with Crippen LogP contribution in [-0.4, -0.2) is 40.1 Å². The number of nitrogens with one attached hydrogen (secondary N) is 2. The van der Waals surface area contributed by atoms with Crippen LogP contribution in [0.5, 0.6) is 0 Å². The first kappa shape index (κ1) is 23.2. The van der Waals surface area contributed by atoms with E-state index in [0.717, 1.165) is 49.6 Å². The topological polar surface area (TPSA) is 74.3 Å². The minimum Gasteiger partial charge on any atom is -0.370 e. The Morgan fingerprint density at radius 2 is 2.13 bits per heavy atom. The minimum atomic E-state index is -4.51. The van der Waals surface area contributed by atoms with Crippen molar-refractivity contribution in [2.45, 2.75) is 37.5 Å². The van der Waals surface area contributed by atoms with Gasteiger partial charge in [0.15, 0.2) is 16.5 Å². The zero-order valence-corrected chi connectivity index (χ0v) is 19.2. The highest BCUT2D eigenvalue weighted by atomic mass is 35.5. The molecule has 2 N–H and O–H groups in total. The number of halogens is 3. The Bertz CT molecular complexity index is 989. The number of aromatic nitrogens is 1. The zero-order valence-electron chi connectivity index (χ0n) is 16.8. The molecule has 3 rings (SSSR count). The molecule has 2 heterocycles. The number of hydrogen-bond acceptors (Lipinski definition) is 6. The minimum absolute atomic E-state index is 0.00687. The van der Waals surface area contributed by atoms with E-state index < -0.39 is 31.6 Å². The first-order chi connectivity index (χ1) is 14.2. The summed E-state index contributed by atoms with van der Waals surface area (Å²) in [6, 6.07) is 1.01. The molecular formula is C19H25ClF2N4O2S2. The van der Waals surface area contributed by atoms with E-state index in [9.17, 15) is 17.2 Å². The van der Waals surface area contributed by atoms with E-state index in [1.165, 1.54) is 10.9 Å². The third-order valence-corrected chi connectivity index (χ3v) is 7.73. The maximum absolute atomic E-state index is 14.9. The predicted molar refractivity (Wildman–Crippen MR) is 117 cm³/mol. The van der Waals surface area contributed by atoms with Gasteiger partial charge in [-0.25, -0.2) is 22.2 Å². The van der Waals surface area contributed by atoms with Crippen LogP contribution >= 0.6 is 22.9 Å². The number of benzene rings is 1. The molecule has 1 aliphatic heterocycles. The van der Waals surface area contributed by atoms with E-state index in [4.69, 9.17) is 11.6 Å². The third kappa shape index (κ3) is 5.04. The molecule has 0 unspecified atom stereocenters. The summed E-state index contributed by atoms with van der Waals surface area (Å²) in [5.41, 5.74) is 1.60. The zero-order chi connectivity index (χ0) is 21.9. The van der Waals surface area contributed by atoms with Gasteiger partial charge in [0.25, 0.3) is 10.0 Å². The van der Waals surface area contributed by atoms with Crippen LogP contribution in [-0.2, 0) is 10.0 Å². The fourth-order valence-electron chi connectivity index (χ4n) is 3.78. The SMILES string of the molecule is CNCCCC[C@]1(C)CCN(c2cc(F)c(S(=O)(=O)Nc3cscn3)c(F)c2Cl)C1. The first-order valence-corrected chi connectivity index (χ1v) is 12.5. The number of hydrogen-bond donors (Lipinski definition) is 2. The lowest BCUT2D eigenvalue weighted by molar-refractivity contribution is 0.324.